The summed E-state index contributed by atoms with van der Waals surface area (Å²) in [7, 11) is -0.346. The molecule has 1 fully saturated rings. The summed E-state index contributed by atoms with van der Waals surface area (Å²) in [5, 5.41) is 10.5. The van der Waals surface area contributed by atoms with Crippen LogP contribution in [0, 0.1) is 6.92 Å². The lowest BCUT2D eigenvalue weighted by atomic mass is 9.84. The smallest absolute Gasteiger partial charge is 0.400 e. The van der Waals surface area contributed by atoms with Crippen LogP contribution in [0.1, 0.15) is 70.6 Å². The number of hydrogen-bond donors (Lipinski definition) is 1. The lowest BCUT2D eigenvalue weighted by Gasteiger charge is -2.32. The van der Waals surface area contributed by atoms with Gasteiger partial charge in [0.1, 0.15) is 0 Å². The zero-order chi connectivity index (χ0) is 19.4. The Bertz CT molecular complexity index is 611. The van der Waals surface area contributed by atoms with Gasteiger partial charge in [0.15, 0.2) is 0 Å². The van der Waals surface area contributed by atoms with E-state index in [0.717, 1.165) is 30.4 Å². The molecule has 0 amide bonds. The first-order valence-electron chi connectivity index (χ1n) is 9.50. The van der Waals surface area contributed by atoms with Crippen molar-refractivity contribution < 1.29 is 14.4 Å². The number of hydrogen-bond acceptors (Lipinski definition) is 3. The van der Waals surface area contributed by atoms with Crippen molar-refractivity contribution in [1.82, 2.24) is 0 Å². The van der Waals surface area contributed by atoms with E-state index in [-0.39, 0.29) is 18.3 Å². The molecule has 1 saturated heterocycles. The minimum Gasteiger partial charge on any atom is -0.400 e. The summed E-state index contributed by atoms with van der Waals surface area (Å²) in [4.78, 5) is 0. The molecule has 1 aliphatic heterocycles. The molecule has 0 radical (unpaired) electrons. The van der Waals surface area contributed by atoms with Gasteiger partial charge in [0.05, 0.1) is 17.3 Å². The van der Waals surface area contributed by atoms with Crippen LogP contribution in [0.5, 0.6) is 0 Å². The molecule has 0 bridgehead atoms. The zero-order valence-corrected chi connectivity index (χ0v) is 17.5. The van der Waals surface area contributed by atoms with Gasteiger partial charge >= 0.3 is 7.12 Å². The Hall–Kier alpha value is -0.805. The SMILES string of the molecule is Cc1cccc(C(O)CC/C(=C\B2OC(C)(C)C(C)(C)O2)CCCCl)c1. The molecule has 3 nitrogen and oxygen atoms in total. The molecule has 5 heteroatoms. The van der Waals surface area contributed by atoms with Crippen molar-refractivity contribution >= 4 is 18.7 Å². The van der Waals surface area contributed by atoms with E-state index in [9.17, 15) is 5.11 Å². The van der Waals surface area contributed by atoms with Crippen molar-refractivity contribution in [3.63, 3.8) is 0 Å². The third kappa shape index (κ3) is 5.59. The highest BCUT2D eigenvalue weighted by atomic mass is 35.5. The lowest BCUT2D eigenvalue weighted by molar-refractivity contribution is 0.00578. The molecule has 0 saturated carbocycles. The van der Waals surface area contributed by atoms with E-state index in [1.54, 1.807) is 0 Å². The lowest BCUT2D eigenvalue weighted by Crippen LogP contribution is -2.41. The molecule has 1 atom stereocenters. The number of aryl methyl sites for hydroxylation is 1. The van der Waals surface area contributed by atoms with Crippen molar-refractivity contribution in [2.75, 3.05) is 5.88 Å². The Labute approximate surface area is 163 Å². The van der Waals surface area contributed by atoms with Crippen LogP contribution in [0.15, 0.2) is 35.8 Å². The highest BCUT2D eigenvalue weighted by Gasteiger charge is 2.50. The minimum absolute atomic E-state index is 0.340. The maximum atomic E-state index is 10.5. The molecular weight excluding hydrogens is 346 g/mol. The van der Waals surface area contributed by atoms with Crippen molar-refractivity contribution in [2.45, 2.75) is 77.6 Å². The molecule has 26 heavy (non-hydrogen) atoms. The highest BCUT2D eigenvalue weighted by molar-refractivity contribution is 6.51. The van der Waals surface area contributed by atoms with Gasteiger partial charge in [0.2, 0.25) is 0 Å². The van der Waals surface area contributed by atoms with Crippen molar-refractivity contribution in [3.05, 3.63) is 46.9 Å². The average molecular weight is 379 g/mol. The van der Waals surface area contributed by atoms with E-state index in [0.29, 0.717) is 12.3 Å². The number of halogens is 1. The van der Waals surface area contributed by atoms with Gasteiger partial charge in [-0.3, -0.25) is 0 Å². The zero-order valence-electron chi connectivity index (χ0n) is 16.7. The Morgan fingerprint density at radius 1 is 1.19 bits per heavy atom. The monoisotopic (exact) mass is 378 g/mol. The molecule has 2 rings (SSSR count). The average Bonchev–Trinajstić information content (AvgIpc) is 2.76. The van der Waals surface area contributed by atoms with E-state index in [1.807, 2.05) is 31.2 Å². The summed E-state index contributed by atoms with van der Waals surface area (Å²) in [6.45, 7) is 10.3. The minimum atomic E-state index is -0.465. The molecule has 1 aromatic rings. The molecule has 1 heterocycles. The van der Waals surface area contributed by atoms with Crippen molar-refractivity contribution in [1.29, 1.82) is 0 Å². The van der Waals surface area contributed by atoms with Gasteiger partial charge in [-0.2, -0.15) is 0 Å². The van der Waals surface area contributed by atoms with Crippen molar-refractivity contribution in [2.24, 2.45) is 0 Å². The maximum absolute atomic E-state index is 10.5. The summed E-state index contributed by atoms with van der Waals surface area (Å²) in [6, 6.07) is 8.05. The summed E-state index contributed by atoms with van der Waals surface area (Å²) in [5.41, 5.74) is 2.68. The summed E-state index contributed by atoms with van der Waals surface area (Å²) >= 11 is 5.89. The second-order valence-electron chi connectivity index (χ2n) is 8.21. The predicted molar refractivity (Wildman–Crippen MR) is 109 cm³/mol. The van der Waals surface area contributed by atoms with E-state index in [1.165, 1.54) is 5.57 Å². The summed E-state index contributed by atoms with van der Waals surface area (Å²) < 4.78 is 12.2. The Balaban J connectivity index is 2.03. The van der Waals surface area contributed by atoms with Crippen LogP contribution in [-0.2, 0) is 9.31 Å². The standard InChI is InChI=1S/C21H32BClO3/c1-16-8-6-10-18(14-16)19(24)12-11-17(9-7-13-23)15-22-25-20(2,3)21(4,5)26-22/h6,8,10,14-15,19,24H,7,9,11-13H2,1-5H3/b17-15-. The van der Waals surface area contributed by atoms with Crippen LogP contribution in [0.25, 0.3) is 0 Å². The number of aliphatic hydroxyl groups excluding tert-OH is 1. The van der Waals surface area contributed by atoms with E-state index in [4.69, 9.17) is 20.9 Å². The number of allylic oxidation sites excluding steroid dienone is 1. The Morgan fingerprint density at radius 3 is 2.42 bits per heavy atom. The van der Waals surface area contributed by atoms with E-state index >= 15 is 0 Å². The molecule has 0 aliphatic carbocycles. The van der Waals surface area contributed by atoms with Crippen LogP contribution < -0.4 is 0 Å². The molecule has 0 aromatic heterocycles. The fourth-order valence-corrected chi connectivity index (χ4v) is 3.23. The Kier molecular flexibility index (Phi) is 7.38. The number of alkyl halides is 1. The van der Waals surface area contributed by atoms with Gasteiger partial charge in [0.25, 0.3) is 0 Å². The predicted octanol–water partition coefficient (Wildman–Crippen LogP) is 5.39. The molecule has 1 unspecified atom stereocenters. The van der Waals surface area contributed by atoms with Gasteiger partial charge in [-0.1, -0.05) is 41.4 Å². The summed E-state index contributed by atoms with van der Waals surface area (Å²) in [6.07, 6.45) is 2.82. The molecule has 144 valence electrons. The fraction of sp³-hybridized carbons (Fsp3) is 0.619. The topological polar surface area (TPSA) is 38.7 Å². The normalized spacial score (nSPS) is 20.4. The summed E-state index contributed by atoms with van der Waals surface area (Å²) in [5.74, 6) is 2.70. The molecule has 0 spiro atoms. The number of aliphatic hydroxyl groups is 1. The number of rotatable bonds is 8. The van der Waals surface area contributed by atoms with Gasteiger partial charge in [-0.05, 0) is 65.9 Å². The second-order valence-corrected chi connectivity index (χ2v) is 8.59. The van der Waals surface area contributed by atoms with Gasteiger partial charge in [-0.15, -0.1) is 11.6 Å². The first kappa shape index (κ1) is 21.5. The molecule has 1 aliphatic rings. The van der Waals surface area contributed by atoms with Gasteiger partial charge in [0, 0.05) is 5.88 Å². The van der Waals surface area contributed by atoms with Crippen LogP contribution in [0.4, 0.5) is 0 Å². The third-order valence-corrected chi connectivity index (χ3v) is 5.71. The maximum Gasteiger partial charge on any atom is 0.487 e. The largest absolute Gasteiger partial charge is 0.487 e. The van der Waals surface area contributed by atoms with Crippen LogP contribution in [-0.4, -0.2) is 29.3 Å². The van der Waals surface area contributed by atoms with Crippen LogP contribution in [0.2, 0.25) is 0 Å². The first-order chi connectivity index (χ1) is 12.1. The van der Waals surface area contributed by atoms with Gasteiger partial charge in [-0.25, -0.2) is 0 Å². The number of benzene rings is 1. The fourth-order valence-electron chi connectivity index (χ4n) is 3.10. The first-order valence-corrected chi connectivity index (χ1v) is 10.0. The molecule has 1 N–H and O–H groups in total. The van der Waals surface area contributed by atoms with Crippen LogP contribution in [0.3, 0.4) is 0 Å². The second kappa shape index (κ2) is 8.92. The molecule has 1 aromatic carbocycles. The molecular formula is C21H32BClO3. The van der Waals surface area contributed by atoms with E-state index in [2.05, 4.69) is 33.7 Å². The highest BCUT2D eigenvalue weighted by Crippen LogP contribution is 2.37. The van der Waals surface area contributed by atoms with Crippen LogP contribution >= 0.6 is 11.6 Å². The van der Waals surface area contributed by atoms with Gasteiger partial charge < -0.3 is 14.4 Å². The quantitative estimate of drug-likeness (QED) is 0.487. The van der Waals surface area contributed by atoms with Crippen molar-refractivity contribution in [3.8, 4) is 0 Å². The third-order valence-electron chi connectivity index (χ3n) is 5.44. The Morgan fingerprint density at radius 2 is 1.85 bits per heavy atom. The van der Waals surface area contributed by atoms with E-state index < -0.39 is 6.10 Å².